The van der Waals surface area contributed by atoms with Crippen LogP contribution in [0.5, 0.6) is 0 Å². The van der Waals surface area contributed by atoms with E-state index in [2.05, 4.69) is 43.4 Å². The zero-order valence-electron chi connectivity index (χ0n) is 14.3. The maximum atomic E-state index is 10.3. The van der Waals surface area contributed by atoms with Crippen LogP contribution in [0.4, 0.5) is 0 Å². The Kier molecular flexibility index (Phi) is 16.7. The monoisotopic (exact) mass is 306 g/mol. The molecule has 0 spiro atoms. The van der Waals surface area contributed by atoms with E-state index in [1.54, 1.807) is 0 Å². The van der Waals surface area contributed by atoms with Gasteiger partial charge in [0.2, 0.25) is 0 Å². The van der Waals surface area contributed by atoms with Crippen molar-refractivity contribution in [2.75, 3.05) is 0 Å². The van der Waals surface area contributed by atoms with Gasteiger partial charge in [0, 0.05) is 6.42 Å². The van der Waals surface area contributed by atoms with Gasteiger partial charge in [-0.1, -0.05) is 62.6 Å². The topological polar surface area (TPSA) is 37.3 Å². The first-order chi connectivity index (χ1) is 10.8. The summed E-state index contributed by atoms with van der Waals surface area (Å²) >= 11 is 0. The Hall–Kier alpha value is -1.31. The summed E-state index contributed by atoms with van der Waals surface area (Å²) in [6.07, 6.45) is 26.3. The van der Waals surface area contributed by atoms with Gasteiger partial charge in [-0.3, -0.25) is 4.79 Å². The van der Waals surface area contributed by atoms with E-state index in [0.29, 0.717) is 0 Å². The van der Waals surface area contributed by atoms with Crippen molar-refractivity contribution >= 4 is 5.97 Å². The smallest absolute Gasteiger partial charge is 0.303 e. The summed E-state index contributed by atoms with van der Waals surface area (Å²) in [6.45, 7) is 2.25. The molecule has 0 rings (SSSR count). The van der Waals surface area contributed by atoms with Crippen molar-refractivity contribution in [1.29, 1.82) is 0 Å². The minimum Gasteiger partial charge on any atom is -0.481 e. The van der Waals surface area contributed by atoms with Crippen molar-refractivity contribution in [3.63, 3.8) is 0 Å². The van der Waals surface area contributed by atoms with Gasteiger partial charge in [-0.15, -0.1) is 0 Å². The molecule has 0 aliphatic heterocycles. The van der Waals surface area contributed by atoms with Crippen molar-refractivity contribution in [3.05, 3.63) is 36.5 Å². The summed E-state index contributed by atoms with van der Waals surface area (Å²) in [5.74, 6) is -0.702. The maximum absolute atomic E-state index is 10.3. The van der Waals surface area contributed by atoms with Gasteiger partial charge in [-0.05, 0) is 51.4 Å². The molecular formula is C20H34O2. The van der Waals surface area contributed by atoms with Crippen LogP contribution < -0.4 is 0 Å². The second-order valence-corrected chi connectivity index (χ2v) is 5.70. The minimum atomic E-state index is -0.702. The number of aliphatic carboxylic acids is 1. The highest BCUT2D eigenvalue weighted by Crippen LogP contribution is 2.04. The zero-order chi connectivity index (χ0) is 16.3. The van der Waals surface area contributed by atoms with E-state index in [1.165, 1.54) is 32.1 Å². The summed E-state index contributed by atoms with van der Waals surface area (Å²) in [5, 5.41) is 8.50. The average Bonchev–Trinajstić information content (AvgIpc) is 2.50. The van der Waals surface area contributed by atoms with Crippen molar-refractivity contribution in [2.45, 2.75) is 84.0 Å². The largest absolute Gasteiger partial charge is 0.481 e. The zero-order valence-corrected chi connectivity index (χ0v) is 14.3. The molecule has 0 aromatic heterocycles. The van der Waals surface area contributed by atoms with Gasteiger partial charge < -0.3 is 5.11 Å². The van der Waals surface area contributed by atoms with Crippen molar-refractivity contribution < 1.29 is 9.90 Å². The van der Waals surface area contributed by atoms with Gasteiger partial charge in [0.1, 0.15) is 0 Å². The fraction of sp³-hybridized carbons (Fsp3) is 0.650. The van der Waals surface area contributed by atoms with Gasteiger partial charge in [0.05, 0.1) is 0 Å². The number of rotatable bonds is 15. The molecule has 2 heteroatoms. The predicted octanol–water partition coefficient (Wildman–Crippen LogP) is 6.44. The number of hydrogen-bond acceptors (Lipinski definition) is 1. The van der Waals surface area contributed by atoms with Gasteiger partial charge in [-0.25, -0.2) is 0 Å². The molecule has 0 fully saturated rings. The molecule has 0 unspecified atom stereocenters. The van der Waals surface area contributed by atoms with E-state index in [1.807, 2.05) is 0 Å². The predicted molar refractivity (Wildman–Crippen MR) is 96.1 cm³/mol. The molecule has 0 saturated heterocycles. The van der Waals surface area contributed by atoms with Crippen LogP contribution in [0, 0.1) is 0 Å². The summed E-state index contributed by atoms with van der Waals surface area (Å²) < 4.78 is 0. The van der Waals surface area contributed by atoms with Crippen LogP contribution in [0.2, 0.25) is 0 Å². The number of unbranched alkanes of at least 4 members (excludes halogenated alkanes) is 7. The summed E-state index contributed by atoms with van der Waals surface area (Å²) in [5.41, 5.74) is 0. The van der Waals surface area contributed by atoms with E-state index < -0.39 is 5.97 Å². The van der Waals surface area contributed by atoms with Crippen LogP contribution in [-0.2, 0) is 4.79 Å². The van der Waals surface area contributed by atoms with Crippen molar-refractivity contribution in [2.24, 2.45) is 0 Å². The van der Waals surface area contributed by atoms with Crippen molar-refractivity contribution in [1.82, 2.24) is 0 Å². The minimum absolute atomic E-state index is 0.274. The van der Waals surface area contributed by atoms with Crippen molar-refractivity contribution in [3.8, 4) is 0 Å². The van der Waals surface area contributed by atoms with Crippen LogP contribution >= 0.6 is 0 Å². The first-order valence-electron chi connectivity index (χ1n) is 8.94. The summed E-state index contributed by atoms with van der Waals surface area (Å²) in [6, 6.07) is 0. The maximum Gasteiger partial charge on any atom is 0.303 e. The van der Waals surface area contributed by atoms with E-state index in [9.17, 15) is 4.79 Å². The summed E-state index contributed by atoms with van der Waals surface area (Å²) in [7, 11) is 0. The third-order valence-corrected chi connectivity index (χ3v) is 3.49. The molecule has 0 aliphatic carbocycles. The Morgan fingerprint density at radius 3 is 1.59 bits per heavy atom. The SMILES string of the molecule is CCCCCC/C=C\CC/C=C\CC/C=C\CCCC(=O)O. The number of hydrogen-bond donors (Lipinski definition) is 1. The lowest BCUT2D eigenvalue weighted by molar-refractivity contribution is -0.137. The lowest BCUT2D eigenvalue weighted by atomic mass is 10.1. The fourth-order valence-electron chi connectivity index (χ4n) is 2.15. The molecule has 0 amide bonds. The molecule has 0 aromatic rings. The van der Waals surface area contributed by atoms with Gasteiger partial charge >= 0.3 is 5.97 Å². The van der Waals surface area contributed by atoms with Gasteiger partial charge in [-0.2, -0.15) is 0 Å². The molecular weight excluding hydrogens is 272 g/mol. The molecule has 0 aromatic carbocycles. The van der Waals surface area contributed by atoms with Crippen LogP contribution in [0.25, 0.3) is 0 Å². The number of carboxylic acids is 1. The van der Waals surface area contributed by atoms with Crippen LogP contribution in [-0.4, -0.2) is 11.1 Å². The second-order valence-electron chi connectivity index (χ2n) is 5.70. The van der Waals surface area contributed by atoms with Crippen LogP contribution in [0.1, 0.15) is 84.0 Å². The third kappa shape index (κ3) is 18.7. The van der Waals surface area contributed by atoms with E-state index in [-0.39, 0.29) is 6.42 Å². The Labute approximate surface area is 137 Å². The normalized spacial score (nSPS) is 12.0. The standard InChI is InChI=1S/C20H34O2/c1-2-3-4-5-6-7-8-9-10-11-12-13-14-15-16-17-18-19-20(21)22/h7-8,11-12,15-16H,2-6,9-10,13-14,17-19H2,1H3,(H,21,22)/b8-7-,12-11-,16-15-. The quantitative estimate of drug-likeness (QED) is 0.279. The molecule has 0 radical (unpaired) electrons. The first kappa shape index (κ1) is 20.7. The van der Waals surface area contributed by atoms with Crippen LogP contribution in [0.3, 0.4) is 0 Å². The highest BCUT2D eigenvalue weighted by Gasteiger charge is 1.92. The molecule has 1 N–H and O–H groups in total. The molecule has 22 heavy (non-hydrogen) atoms. The number of carbonyl (C=O) groups is 1. The van der Waals surface area contributed by atoms with Crippen LogP contribution in [0.15, 0.2) is 36.5 Å². The Balaban J connectivity index is 3.28. The number of carboxylic acid groups (broad SMARTS) is 1. The Morgan fingerprint density at radius 1 is 0.682 bits per heavy atom. The molecule has 2 nitrogen and oxygen atoms in total. The lowest BCUT2D eigenvalue weighted by Gasteiger charge is -1.94. The highest BCUT2D eigenvalue weighted by molar-refractivity contribution is 5.66. The Bertz CT molecular complexity index is 327. The molecule has 0 atom stereocenters. The summed E-state index contributed by atoms with van der Waals surface area (Å²) in [4.78, 5) is 10.3. The van der Waals surface area contributed by atoms with E-state index in [4.69, 9.17) is 5.11 Å². The third-order valence-electron chi connectivity index (χ3n) is 3.49. The molecule has 126 valence electrons. The second kappa shape index (κ2) is 17.7. The lowest BCUT2D eigenvalue weighted by Crippen LogP contribution is -1.92. The molecule has 0 saturated carbocycles. The molecule has 0 aliphatic rings. The fourth-order valence-corrected chi connectivity index (χ4v) is 2.15. The van der Waals surface area contributed by atoms with Gasteiger partial charge in [0.15, 0.2) is 0 Å². The Morgan fingerprint density at radius 2 is 1.14 bits per heavy atom. The molecule has 0 heterocycles. The molecule has 0 bridgehead atoms. The van der Waals surface area contributed by atoms with Gasteiger partial charge in [0.25, 0.3) is 0 Å². The van der Waals surface area contributed by atoms with E-state index in [0.717, 1.165) is 38.5 Å². The first-order valence-corrected chi connectivity index (χ1v) is 8.94. The van der Waals surface area contributed by atoms with E-state index >= 15 is 0 Å². The number of allylic oxidation sites excluding steroid dienone is 6. The highest BCUT2D eigenvalue weighted by atomic mass is 16.4. The average molecular weight is 306 g/mol.